The molecule has 7 heteroatoms. The summed E-state index contributed by atoms with van der Waals surface area (Å²) in [5.74, 6) is 0.899. The van der Waals surface area contributed by atoms with Crippen LogP contribution in [0.5, 0.6) is 0 Å². The van der Waals surface area contributed by atoms with Crippen molar-refractivity contribution in [3.8, 4) is 0 Å². The number of halogens is 1. The number of aliphatic imine (C=N–C) groups is 1. The Morgan fingerprint density at radius 3 is 2.85 bits per heavy atom. The molecule has 0 aliphatic carbocycles. The van der Waals surface area contributed by atoms with Gasteiger partial charge in [0.05, 0.1) is 12.2 Å². The normalized spacial score (nSPS) is 12.8. The lowest BCUT2D eigenvalue weighted by molar-refractivity contribution is 0.119. The maximum Gasteiger partial charge on any atom is 0.193 e. The van der Waals surface area contributed by atoms with Crippen molar-refractivity contribution in [2.45, 2.75) is 32.9 Å². The number of methoxy groups -OCH3 is 1. The third-order valence-corrected chi connectivity index (χ3v) is 3.83. The molecule has 1 heterocycles. The molecule has 0 saturated heterocycles. The average Bonchev–Trinajstić information content (AvgIpc) is 2.87. The van der Waals surface area contributed by atoms with Gasteiger partial charge in [0.15, 0.2) is 5.96 Å². The highest BCUT2D eigenvalue weighted by Crippen LogP contribution is 2.20. The van der Waals surface area contributed by atoms with Crippen molar-refractivity contribution in [3.05, 3.63) is 16.1 Å². The molecule has 0 saturated carbocycles. The van der Waals surface area contributed by atoms with Crippen molar-refractivity contribution < 1.29 is 4.74 Å². The van der Waals surface area contributed by atoms with Crippen LogP contribution in [0.1, 0.15) is 37.1 Å². The third kappa shape index (κ3) is 5.92. The zero-order valence-electron chi connectivity index (χ0n) is 12.8. The first-order chi connectivity index (χ1) is 9.12. The van der Waals surface area contributed by atoms with Gasteiger partial charge in [-0.2, -0.15) is 0 Å². The zero-order chi connectivity index (χ0) is 14.3. The second-order valence-electron chi connectivity index (χ2n) is 4.39. The number of rotatable bonds is 6. The van der Waals surface area contributed by atoms with Gasteiger partial charge in [-0.3, -0.25) is 4.99 Å². The number of nitrogens with zero attached hydrogens (tertiary/aromatic N) is 3. The lowest BCUT2D eigenvalue weighted by Gasteiger charge is -2.20. The van der Waals surface area contributed by atoms with Gasteiger partial charge in [-0.1, -0.05) is 6.92 Å². The van der Waals surface area contributed by atoms with Gasteiger partial charge in [0.25, 0.3) is 0 Å². The van der Waals surface area contributed by atoms with E-state index in [1.165, 1.54) is 0 Å². The molecule has 1 rings (SSSR count). The SMILES string of the molecule is CCCNC(=NC)N(C)Cc1csc(C(C)OC)n1.I. The summed E-state index contributed by atoms with van der Waals surface area (Å²) in [6, 6.07) is 0. The van der Waals surface area contributed by atoms with Gasteiger partial charge in [0.1, 0.15) is 11.1 Å². The van der Waals surface area contributed by atoms with E-state index in [1.54, 1.807) is 25.5 Å². The second kappa shape index (κ2) is 10.3. The Bertz CT molecular complexity index is 411. The molecule has 1 aromatic heterocycles. The summed E-state index contributed by atoms with van der Waals surface area (Å²) in [7, 11) is 5.52. The number of hydrogen-bond donors (Lipinski definition) is 1. The molecule has 20 heavy (non-hydrogen) atoms. The summed E-state index contributed by atoms with van der Waals surface area (Å²) in [6.07, 6.45) is 1.14. The first kappa shape index (κ1) is 19.6. The summed E-state index contributed by atoms with van der Waals surface area (Å²) in [6.45, 7) is 5.82. The molecule has 0 bridgehead atoms. The number of thiazole rings is 1. The zero-order valence-corrected chi connectivity index (χ0v) is 16.0. The number of aromatic nitrogens is 1. The molecule has 1 unspecified atom stereocenters. The van der Waals surface area contributed by atoms with Crippen molar-refractivity contribution in [3.63, 3.8) is 0 Å². The maximum absolute atomic E-state index is 5.27. The maximum atomic E-state index is 5.27. The summed E-state index contributed by atoms with van der Waals surface area (Å²) in [4.78, 5) is 10.9. The second-order valence-corrected chi connectivity index (χ2v) is 5.27. The van der Waals surface area contributed by atoms with E-state index < -0.39 is 0 Å². The van der Waals surface area contributed by atoms with Gasteiger partial charge in [0, 0.05) is 33.1 Å². The molecule has 116 valence electrons. The molecular weight excluding hydrogens is 387 g/mol. The van der Waals surface area contributed by atoms with E-state index in [9.17, 15) is 0 Å². The van der Waals surface area contributed by atoms with E-state index in [1.807, 2.05) is 14.0 Å². The van der Waals surface area contributed by atoms with Crippen LogP contribution < -0.4 is 5.32 Å². The van der Waals surface area contributed by atoms with Crippen LogP contribution in [0.15, 0.2) is 10.4 Å². The van der Waals surface area contributed by atoms with Gasteiger partial charge in [0.2, 0.25) is 0 Å². The minimum Gasteiger partial charge on any atom is -0.375 e. The first-order valence-electron chi connectivity index (χ1n) is 6.51. The lowest BCUT2D eigenvalue weighted by Crippen LogP contribution is -2.38. The van der Waals surface area contributed by atoms with Gasteiger partial charge in [-0.05, 0) is 13.3 Å². The molecule has 0 fully saturated rings. The van der Waals surface area contributed by atoms with E-state index in [2.05, 4.69) is 32.5 Å². The van der Waals surface area contributed by atoms with E-state index in [4.69, 9.17) is 4.74 Å². The molecule has 0 spiro atoms. The molecule has 0 aliphatic heterocycles. The monoisotopic (exact) mass is 412 g/mol. The molecule has 0 aromatic carbocycles. The molecule has 1 atom stereocenters. The van der Waals surface area contributed by atoms with Crippen LogP contribution in [0.25, 0.3) is 0 Å². The highest BCUT2D eigenvalue weighted by atomic mass is 127. The fourth-order valence-corrected chi connectivity index (χ4v) is 2.46. The highest BCUT2D eigenvalue weighted by Gasteiger charge is 2.12. The van der Waals surface area contributed by atoms with E-state index >= 15 is 0 Å². The fraction of sp³-hybridized carbons (Fsp3) is 0.692. The molecular formula is C13H25IN4OS. The standard InChI is InChI=1S/C13H24N4OS.HI/c1-6-7-15-13(14-3)17(4)8-11-9-19-12(16-11)10(2)18-5;/h9-10H,6-8H2,1-5H3,(H,14,15);1H. The first-order valence-corrected chi connectivity index (χ1v) is 7.39. The fourth-order valence-electron chi connectivity index (χ4n) is 1.62. The Hall–Kier alpha value is -0.410. The summed E-state index contributed by atoms with van der Waals surface area (Å²) < 4.78 is 5.27. The van der Waals surface area contributed by atoms with Crippen molar-refractivity contribution in [1.29, 1.82) is 0 Å². The van der Waals surface area contributed by atoms with Gasteiger partial charge >= 0.3 is 0 Å². The third-order valence-electron chi connectivity index (χ3n) is 2.78. The van der Waals surface area contributed by atoms with E-state index in [-0.39, 0.29) is 30.1 Å². The Morgan fingerprint density at radius 1 is 1.60 bits per heavy atom. The molecule has 0 aliphatic rings. The van der Waals surface area contributed by atoms with Crippen LogP contribution in [-0.4, -0.2) is 43.6 Å². The molecule has 5 nitrogen and oxygen atoms in total. The van der Waals surface area contributed by atoms with Crippen LogP contribution in [0, 0.1) is 0 Å². The van der Waals surface area contributed by atoms with E-state index in [0.717, 1.165) is 36.2 Å². The largest absolute Gasteiger partial charge is 0.375 e. The van der Waals surface area contributed by atoms with E-state index in [0.29, 0.717) is 0 Å². The van der Waals surface area contributed by atoms with Crippen LogP contribution in [-0.2, 0) is 11.3 Å². The number of guanidine groups is 1. The molecule has 1 aromatic rings. The van der Waals surface area contributed by atoms with Crippen LogP contribution >= 0.6 is 35.3 Å². The quantitative estimate of drug-likeness (QED) is 0.444. The molecule has 1 N–H and O–H groups in total. The smallest absolute Gasteiger partial charge is 0.193 e. The predicted molar refractivity (Wildman–Crippen MR) is 96.1 cm³/mol. The van der Waals surface area contributed by atoms with Crippen molar-refractivity contribution >= 4 is 41.3 Å². The topological polar surface area (TPSA) is 49.8 Å². The van der Waals surface area contributed by atoms with Crippen LogP contribution in [0.3, 0.4) is 0 Å². The Kier molecular flexibility index (Phi) is 10.1. The van der Waals surface area contributed by atoms with Gasteiger partial charge in [-0.15, -0.1) is 35.3 Å². The minimum atomic E-state index is 0. The number of ether oxygens (including phenoxy) is 1. The Morgan fingerprint density at radius 2 is 2.30 bits per heavy atom. The van der Waals surface area contributed by atoms with Crippen LogP contribution in [0.4, 0.5) is 0 Å². The Balaban J connectivity index is 0.00000361. The summed E-state index contributed by atoms with van der Waals surface area (Å²) >= 11 is 1.64. The average molecular weight is 412 g/mol. The lowest BCUT2D eigenvalue weighted by atomic mass is 10.4. The van der Waals surface area contributed by atoms with Gasteiger partial charge < -0.3 is 15.0 Å². The highest BCUT2D eigenvalue weighted by molar-refractivity contribution is 14.0. The van der Waals surface area contributed by atoms with Crippen LogP contribution in [0.2, 0.25) is 0 Å². The Labute approximate surface area is 142 Å². The number of nitrogens with one attached hydrogen (secondary N) is 1. The van der Waals surface area contributed by atoms with Gasteiger partial charge in [-0.25, -0.2) is 4.98 Å². The van der Waals surface area contributed by atoms with Crippen molar-refractivity contribution in [2.75, 3.05) is 27.7 Å². The number of hydrogen-bond acceptors (Lipinski definition) is 4. The minimum absolute atomic E-state index is 0. The molecule has 0 amide bonds. The molecule has 0 radical (unpaired) electrons. The van der Waals surface area contributed by atoms with Crippen molar-refractivity contribution in [1.82, 2.24) is 15.2 Å². The predicted octanol–water partition coefficient (Wildman–Crippen LogP) is 2.89. The summed E-state index contributed by atoms with van der Waals surface area (Å²) in [5.41, 5.74) is 1.05. The van der Waals surface area contributed by atoms with Crippen molar-refractivity contribution in [2.24, 2.45) is 4.99 Å². The summed E-state index contributed by atoms with van der Waals surface area (Å²) in [5, 5.41) is 6.40.